The van der Waals surface area contributed by atoms with Gasteiger partial charge in [-0.05, 0) is 37.5 Å². The molecule has 0 aliphatic rings. The third-order valence-corrected chi connectivity index (χ3v) is 3.05. The Balaban J connectivity index is 2.06. The fraction of sp³-hybridized carbons (Fsp3) is 0.429. The molecule has 1 aromatic carbocycles. The van der Waals surface area contributed by atoms with Crippen LogP contribution < -0.4 is 5.73 Å². The summed E-state index contributed by atoms with van der Waals surface area (Å²) < 4.78 is 2.20. The van der Waals surface area contributed by atoms with Crippen molar-refractivity contribution < 1.29 is 0 Å². The van der Waals surface area contributed by atoms with Gasteiger partial charge in [-0.25, -0.2) is 0 Å². The Labute approximate surface area is 108 Å². The number of aryl methyl sites for hydroxylation is 3. The zero-order valence-corrected chi connectivity index (χ0v) is 11.1. The maximum Gasteiger partial charge on any atom is 0.133 e. The summed E-state index contributed by atoms with van der Waals surface area (Å²) in [4.78, 5) is 0. The van der Waals surface area contributed by atoms with E-state index < -0.39 is 0 Å². The van der Waals surface area contributed by atoms with Gasteiger partial charge in [0.05, 0.1) is 0 Å². The van der Waals surface area contributed by atoms with Crippen LogP contribution in [0.4, 0.5) is 5.69 Å². The van der Waals surface area contributed by atoms with Gasteiger partial charge >= 0.3 is 0 Å². The maximum atomic E-state index is 5.78. The van der Waals surface area contributed by atoms with Crippen LogP contribution in [0.2, 0.25) is 0 Å². The van der Waals surface area contributed by atoms with Crippen LogP contribution in [0.1, 0.15) is 30.6 Å². The number of anilines is 1. The van der Waals surface area contributed by atoms with Gasteiger partial charge in [-0.1, -0.05) is 19.1 Å². The molecule has 2 rings (SSSR count). The summed E-state index contributed by atoms with van der Waals surface area (Å²) in [7, 11) is 0. The highest BCUT2D eigenvalue weighted by atomic mass is 15.3. The third kappa shape index (κ3) is 2.88. The van der Waals surface area contributed by atoms with Crippen LogP contribution in [0.15, 0.2) is 24.3 Å². The maximum absolute atomic E-state index is 5.78. The number of hydrogen-bond acceptors (Lipinski definition) is 3. The van der Waals surface area contributed by atoms with Crippen LogP contribution in [0.25, 0.3) is 0 Å². The van der Waals surface area contributed by atoms with Gasteiger partial charge in [-0.2, -0.15) is 0 Å². The highest BCUT2D eigenvalue weighted by molar-refractivity contribution is 5.40. The van der Waals surface area contributed by atoms with Crippen LogP contribution in [-0.2, 0) is 19.4 Å². The third-order valence-electron chi connectivity index (χ3n) is 3.05. The topological polar surface area (TPSA) is 56.7 Å². The smallest absolute Gasteiger partial charge is 0.133 e. The molecule has 2 N–H and O–H groups in total. The van der Waals surface area contributed by atoms with Crippen LogP contribution in [0.5, 0.6) is 0 Å². The molecular weight excluding hydrogens is 224 g/mol. The molecule has 1 aromatic heterocycles. The fourth-order valence-corrected chi connectivity index (χ4v) is 2.13. The molecule has 0 saturated carbocycles. The second kappa shape index (κ2) is 5.67. The number of aromatic nitrogens is 3. The summed E-state index contributed by atoms with van der Waals surface area (Å²) in [6.45, 7) is 5.17. The van der Waals surface area contributed by atoms with Gasteiger partial charge in [0.25, 0.3) is 0 Å². The first-order chi connectivity index (χ1) is 8.70. The first kappa shape index (κ1) is 12.6. The predicted molar refractivity (Wildman–Crippen MR) is 73.3 cm³/mol. The van der Waals surface area contributed by atoms with Crippen molar-refractivity contribution >= 4 is 5.69 Å². The number of rotatable bonds is 5. The van der Waals surface area contributed by atoms with Gasteiger partial charge < -0.3 is 10.3 Å². The van der Waals surface area contributed by atoms with E-state index in [4.69, 9.17) is 5.73 Å². The molecule has 96 valence electrons. The summed E-state index contributed by atoms with van der Waals surface area (Å²) in [5.74, 6) is 2.07. The standard InChI is InChI=1S/C14H20N4/c1-3-9-18-11(2)16-17-14(18)8-7-12-5-4-6-13(15)10-12/h4-6,10H,3,7-9,15H2,1-2H3. The SMILES string of the molecule is CCCn1c(C)nnc1CCc1cccc(N)c1. The van der Waals surface area contributed by atoms with E-state index in [1.807, 2.05) is 25.1 Å². The Morgan fingerprint density at radius 1 is 1.22 bits per heavy atom. The van der Waals surface area contributed by atoms with Crippen molar-refractivity contribution in [1.29, 1.82) is 0 Å². The molecule has 0 radical (unpaired) electrons. The van der Waals surface area contributed by atoms with Crippen molar-refractivity contribution in [3.63, 3.8) is 0 Å². The van der Waals surface area contributed by atoms with Crippen molar-refractivity contribution in [3.05, 3.63) is 41.5 Å². The van der Waals surface area contributed by atoms with Gasteiger partial charge in [0.1, 0.15) is 11.6 Å². The van der Waals surface area contributed by atoms with E-state index in [0.717, 1.165) is 43.1 Å². The molecule has 0 atom stereocenters. The molecule has 18 heavy (non-hydrogen) atoms. The van der Waals surface area contributed by atoms with E-state index in [-0.39, 0.29) is 0 Å². The monoisotopic (exact) mass is 244 g/mol. The van der Waals surface area contributed by atoms with Crippen molar-refractivity contribution in [2.45, 2.75) is 39.7 Å². The number of hydrogen-bond donors (Lipinski definition) is 1. The lowest BCUT2D eigenvalue weighted by Crippen LogP contribution is -2.06. The van der Waals surface area contributed by atoms with Crippen molar-refractivity contribution in [1.82, 2.24) is 14.8 Å². The molecule has 0 saturated heterocycles. The molecule has 0 unspecified atom stereocenters. The van der Waals surface area contributed by atoms with E-state index in [2.05, 4.69) is 27.8 Å². The molecule has 0 spiro atoms. The van der Waals surface area contributed by atoms with Crippen molar-refractivity contribution in [2.24, 2.45) is 0 Å². The van der Waals surface area contributed by atoms with Crippen molar-refractivity contribution in [3.8, 4) is 0 Å². The van der Waals surface area contributed by atoms with Gasteiger partial charge in [0.2, 0.25) is 0 Å². The van der Waals surface area contributed by atoms with E-state index in [9.17, 15) is 0 Å². The molecule has 1 heterocycles. The van der Waals surface area contributed by atoms with Gasteiger partial charge in [-0.15, -0.1) is 10.2 Å². The minimum Gasteiger partial charge on any atom is -0.399 e. The minimum absolute atomic E-state index is 0.818. The van der Waals surface area contributed by atoms with Crippen LogP contribution in [-0.4, -0.2) is 14.8 Å². The Bertz CT molecular complexity index is 516. The molecule has 4 nitrogen and oxygen atoms in total. The second-order valence-electron chi connectivity index (χ2n) is 4.56. The Kier molecular flexibility index (Phi) is 3.97. The highest BCUT2D eigenvalue weighted by Gasteiger charge is 2.07. The summed E-state index contributed by atoms with van der Waals surface area (Å²) in [6.07, 6.45) is 2.96. The van der Waals surface area contributed by atoms with E-state index in [1.54, 1.807) is 0 Å². The largest absolute Gasteiger partial charge is 0.399 e. The number of nitrogen functional groups attached to an aromatic ring is 1. The normalized spacial score (nSPS) is 10.8. The predicted octanol–water partition coefficient (Wildman–Crippen LogP) is 2.36. The molecule has 0 fully saturated rings. The first-order valence-electron chi connectivity index (χ1n) is 6.43. The van der Waals surface area contributed by atoms with E-state index >= 15 is 0 Å². The summed E-state index contributed by atoms with van der Waals surface area (Å²) in [5.41, 5.74) is 7.84. The quantitative estimate of drug-likeness (QED) is 0.821. The molecule has 0 amide bonds. The average Bonchev–Trinajstić information content (AvgIpc) is 2.69. The van der Waals surface area contributed by atoms with Crippen molar-refractivity contribution in [2.75, 3.05) is 5.73 Å². The van der Waals surface area contributed by atoms with E-state index in [0.29, 0.717) is 0 Å². The second-order valence-corrected chi connectivity index (χ2v) is 4.56. The van der Waals surface area contributed by atoms with Crippen LogP contribution in [0.3, 0.4) is 0 Å². The minimum atomic E-state index is 0.818. The number of benzene rings is 1. The lowest BCUT2D eigenvalue weighted by atomic mass is 10.1. The summed E-state index contributed by atoms with van der Waals surface area (Å²) >= 11 is 0. The fourth-order valence-electron chi connectivity index (χ4n) is 2.13. The zero-order chi connectivity index (χ0) is 13.0. The summed E-state index contributed by atoms with van der Waals surface area (Å²) in [5, 5.41) is 8.41. The lowest BCUT2D eigenvalue weighted by Gasteiger charge is -2.07. The van der Waals surface area contributed by atoms with Crippen LogP contribution >= 0.6 is 0 Å². The Morgan fingerprint density at radius 3 is 2.78 bits per heavy atom. The molecule has 0 aliphatic carbocycles. The molecule has 2 aromatic rings. The first-order valence-corrected chi connectivity index (χ1v) is 6.43. The average molecular weight is 244 g/mol. The lowest BCUT2D eigenvalue weighted by molar-refractivity contribution is 0.619. The van der Waals surface area contributed by atoms with Gasteiger partial charge in [0.15, 0.2) is 0 Å². The molecule has 0 aliphatic heterocycles. The number of nitrogens with two attached hydrogens (primary N) is 1. The van der Waals surface area contributed by atoms with Crippen LogP contribution in [0, 0.1) is 6.92 Å². The molecular formula is C14H20N4. The highest BCUT2D eigenvalue weighted by Crippen LogP contribution is 2.11. The van der Waals surface area contributed by atoms with E-state index in [1.165, 1.54) is 5.56 Å². The Hall–Kier alpha value is -1.84. The Morgan fingerprint density at radius 2 is 2.06 bits per heavy atom. The molecule has 0 bridgehead atoms. The van der Waals surface area contributed by atoms with Gasteiger partial charge in [0, 0.05) is 18.7 Å². The molecule has 4 heteroatoms. The van der Waals surface area contributed by atoms with Gasteiger partial charge in [-0.3, -0.25) is 0 Å². The zero-order valence-electron chi connectivity index (χ0n) is 11.1. The summed E-state index contributed by atoms with van der Waals surface area (Å²) in [6, 6.07) is 8.02. The number of nitrogens with zero attached hydrogens (tertiary/aromatic N) is 3.